The number of aromatic nitrogens is 2. The van der Waals surface area contributed by atoms with Gasteiger partial charge in [-0.05, 0) is 35.9 Å². The average Bonchev–Trinajstić information content (AvgIpc) is 2.49. The van der Waals surface area contributed by atoms with Crippen molar-refractivity contribution in [1.82, 2.24) is 9.97 Å². The van der Waals surface area contributed by atoms with Crippen molar-refractivity contribution in [3.8, 4) is 5.75 Å². The van der Waals surface area contributed by atoms with Gasteiger partial charge in [0.05, 0.1) is 13.3 Å². The number of nitrogen functional groups attached to an aromatic ring is 1. The highest BCUT2D eigenvalue weighted by molar-refractivity contribution is 6.28. The van der Waals surface area contributed by atoms with Crippen LogP contribution in [0.4, 0.5) is 11.5 Å². The second-order valence-corrected chi connectivity index (χ2v) is 4.07. The molecule has 7 nitrogen and oxygen atoms in total. The maximum Gasteiger partial charge on any atom is 0.255 e. The fourth-order valence-electron chi connectivity index (χ4n) is 1.50. The molecule has 0 unspecified atom stereocenters. The van der Waals surface area contributed by atoms with E-state index in [0.29, 0.717) is 17.0 Å². The molecule has 1 heterocycles. The number of amides is 1. The Balaban J connectivity index is 2.18. The number of hydrazine groups is 1. The lowest BCUT2D eigenvalue weighted by Gasteiger charge is -2.09. The number of hydrogen-bond acceptors (Lipinski definition) is 6. The molecule has 1 amide bonds. The number of ether oxygens (including phenoxy) is 1. The number of methoxy groups -OCH3 is 1. The van der Waals surface area contributed by atoms with Crippen LogP contribution in [0.1, 0.15) is 10.4 Å². The second-order valence-electron chi connectivity index (χ2n) is 3.73. The van der Waals surface area contributed by atoms with E-state index >= 15 is 0 Å². The molecular formula is C12H12ClN5O2. The van der Waals surface area contributed by atoms with Gasteiger partial charge in [0.2, 0.25) is 5.28 Å². The molecule has 0 spiro atoms. The summed E-state index contributed by atoms with van der Waals surface area (Å²) in [7, 11) is 1.55. The molecule has 0 aliphatic carbocycles. The summed E-state index contributed by atoms with van der Waals surface area (Å²) in [4.78, 5) is 19.7. The predicted molar refractivity (Wildman–Crippen MR) is 75.8 cm³/mol. The summed E-state index contributed by atoms with van der Waals surface area (Å²) in [5, 5.41) is 2.66. The van der Waals surface area contributed by atoms with Crippen LogP contribution in [0.5, 0.6) is 5.75 Å². The van der Waals surface area contributed by atoms with Gasteiger partial charge >= 0.3 is 0 Å². The maximum atomic E-state index is 12.1. The Bertz CT molecular complexity index is 618. The Morgan fingerprint density at radius 3 is 2.65 bits per heavy atom. The number of nitrogens with zero attached hydrogens (tertiary/aromatic N) is 2. The lowest BCUT2D eigenvalue weighted by molar-refractivity contribution is 0.102. The highest BCUT2D eigenvalue weighted by atomic mass is 35.5. The van der Waals surface area contributed by atoms with Crippen molar-refractivity contribution < 1.29 is 9.53 Å². The molecule has 0 fully saturated rings. The van der Waals surface area contributed by atoms with Crippen molar-refractivity contribution in [3.05, 3.63) is 41.3 Å². The van der Waals surface area contributed by atoms with Gasteiger partial charge in [0.25, 0.3) is 5.91 Å². The first-order valence-corrected chi connectivity index (χ1v) is 5.96. The SMILES string of the molecule is COc1ccc(C(=O)Nc2cnc(Cl)nc2NN)cc1. The lowest BCUT2D eigenvalue weighted by atomic mass is 10.2. The zero-order valence-corrected chi connectivity index (χ0v) is 11.3. The first-order valence-electron chi connectivity index (χ1n) is 5.58. The van der Waals surface area contributed by atoms with Gasteiger partial charge in [-0.1, -0.05) is 0 Å². The molecule has 4 N–H and O–H groups in total. The van der Waals surface area contributed by atoms with E-state index in [-0.39, 0.29) is 17.0 Å². The lowest BCUT2D eigenvalue weighted by Crippen LogP contribution is -2.17. The minimum Gasteiger partial charge on any atom is -0.497 e. The van der Waals surface area contributed by atoms with Gasteiger partial charge in [-0.3, -0.25) is 4.79 Å². The molecule has 2 aromatic rings. The molecule has 0 saturated carbocycles. The van der Waals surface area contributed by atoms with Crippen LogP contribution >= 0.6 is 11.6 Å². The van der Waals surface area contributed by atoms with Crippen molar-refractivity contribution in [2.24, 2.45) is 5.84 Å². The first-order chi connectivity index (χ1) is 9.63. The predicted octanol–water partition coefficient (Wildman–Crippen LogP) is 1.68. The van der Waals surface area contributed by atoms with Crippen molar-refractivity contribution in [2.45, 2.75) is 0 Å². The summed E-state index contributed by atoms with van der Waals surface area (Å²) in [6.45, 7) is 0. The van der Waals surface area contributed by atoms with E-state index in [0.717, 1.165) is 0 Å². The Kier molecular flexibility index (Phi) is 4.34. The van der Waals surface area contributed by atoms with Gasteiger partial charge < -0.3 is 15.5 Å². The highest BCUT2D eigenvalue weighted by Crippen LogP contribution is 2.20. The van der Waals surface area contributed by atoms with Crippen LogP contribution in [0.15, 0.2) is 30.5 Å². The van der Waals surface area contributed by atoms with Crippen molar-refractivity contribution in [1.29, 1.82) is 0 Å². The van der Waals surface area contributed by atoms with E-state index in [1.54, 1.807) is 31.4 Å². The smallest absolute Gasteiger partial charge is 0.255 e. The van der Waals surface area contributed by atoms with Crippen LogP contribution in [0, 0.1) is 0 Å². The van der Waals surface area contributed by atoms with Crippen LogP contribution in [0.2, 0.25) is 5.28 Å². The third kappa shape index (κ3) is 3.14. The van der Waals surface area contributed by atoms with Crippen LogP contribution in [0.3, 0.4) is 0 Å². The summed E-state index contributed by atoms with van der Waals surface area (Å²) in [5.41, 5.74) is 3.13. The summed E-state index contributed by atoms with van der Waals surface area (Å²) < 4.78 is 5.02. The molecule has 104 valence electrons. The molecule has 1 aromatic heterocycles. The Hall–Kier alpha value is -2.38. The molecule has 0 atom stereocenters. The van der Waals surface area contributed by atoms with E-state index in [9.17, 15) is 4.79 Å². The summed E-state index contributed by atoms with van der Waals surface area (Å²) >= 11 is 5.64. The van der Waals surface area contributed by atoms with E-state index in [2.05, 4.69) is 20.7 Å². The van der Waals surface area contributed by atoms with Crippen molar-refractivity contribution >= 4 is 29.0 Å². The minimum absolute atomic E-state index is 0.0281. The molecule has 8 heteroatoms. The monoisotopic (exact) mass is 293 g/mol. The van der Waals surface area contributed by atoms with Crippen LogP contribution < -0.4 is 21.3 Å². The number of hydrogen-bond donors (Lipinski definition) is 3. The standard InChI is InChI=1S/C12H12ClN5O2/c1-20-8-4-2-7(3-5-8)11(19)16-9-6-15-12(13)17-10(9)18-14/h2-6H,14H2,1H3,(H,16,19)(H,15,17,18). The van der Waals surface area contributed by atoms with E-state index in [1.807, 2.05) is 0 Å². The number of carbonyl (C=O) groups is 1. The number of nitrogens with one attached hydrogen (secondary N) is 2. The molecule has 0 aliphatic heterocycles. The van der Waals surface area contributed by atoms with Gasteiger partial charge in [-0.15, -0.1) is 0 Å². The molecule has 20 heavy (non-hydrogen) atoms. The number of anilines is 2. The normalized spacial score (nSPS) is 9.95. The molecule has 1 aromatic carbocycles. The van der Waals surface area contributed by atoms with E-state index in [1.165, 1.54) is 6.20 Å². The summed E-state index contributed by atoms with van der Waals surface area (Å²) in [6, 6.07) is 6.66. The number of nitrogens with two attached hydrogens (primary N) is 1. The zero-order chi connectivity index (χ0) is 14.5. The maximum absolute atomic E-state index is 12.1. The molecule has 0 bridgehead atoms. The Morgan fingerprint density at radius 1 is 1.35 bits per heavy atom. The third-order valence-electron chi connectivity index (χ3n) is 2.50. The number of benzene rings is 1. The quantitative estimate of drug-likeness (QED) is 0.450. The van der Waals surface area contributed by atoms with Gasteiger partial charge in [-0.2, -0.15) is 4.98 Å². The van der Waals surface area contributed by atoms with Gasteiger partial charge in [-0.25, -0.2) is 10.8 Å². The molecule has 0 aliphatic rings. The largest absolute Gasteiger partial charge is 0.497 e. The minimum atomic E-state index is -0.324. The molecule has 0 saturated heterocycles. The van der Waals surface area contributed by atoms with Crippen LogP contribution in [-0.2, 0) is 0 Å². The summed E-state index contributed by atoms with van der Waals surface area (Å²) in [6.07, 6.45) is 1.37. The molecule has 2 rings (SSSR count). The van der Waals surface area contributed by atoms with Gasteiger partial charge in [0, 0.05) is 5.56 Å². The van der Waals surface area contributed by atoms with Gasteiger partial charge in [0.15, 0.2) is 5.82 Å². The van der Waals surface area contributed by atoms with E-state index < -0.39 is 0 Å². The first kappa shape index (κ1) is 14.0. The van der Waals surface area contributed by atoms with Crippen LogP contribution in [-0.4, -0.2) is 23.0 Å². The number of halogens is 1. The fourth-order valence-corrected chi connectivity index (χ4v) is 1.63. The van der Waals surface area contributed by atoms with Crippen molar-refractivity contribution in [3.63, 3.8) is 0 Å². The zero-order valence-electron chi connectivity index (χ0n) is 10.6. The van der Waals surface area contributed by atoms with Crippen molar-refractivity contribution in [2.75, 3.05) is 17.9 Å². The molecule has 0 radical (unpaired) electrons. The number of rotatable bonds is 4. The Morgan fingerprint density at radius 2 is 2.05 bits per heavy atom. The van der Waals surface area contributed by atoms with Crippen LogP contribution in [0.25, 0.3) is 0 Å². The topological polar surface area (TPSA) is 102 Å². The summed E-state index contributed by atoms with van der Waals surface area (Å²) in [5.74, 6) is 5.88. The Labute approximate surface area is 120 Å². The highest BCUT2D eigenvalue weighted by Gasteiger charge is 2.11. The van der Waals surface area contributed by atoms with Gasteiger partial charge in [0.1, 0.15) is 11.4 Å². The fraction of sp³-hybridized carbons (Fsp3) is 0.0833. The third-order valence-corrected chi connectivity index (χ3v) is 2.68. The number of carbonyl (C=O) groups excluding carboxylic acids is 1. The second kappa shape index (κ2) is 6.18. The average molecular weight is 294 g/mol. The molecular weight excluding hydrogens is 282 g/mol. The van der Waals surface area contributed by atoms with E-state index in [4.69, 9.17) is 22.2 Å².